The number of anilines is 1. The van der Waals surface area contributed by atoms with E-state index in [2.05, 4.69) is 29.3 Å². The van der Waals surface area contributed by atoms with Gasteiger partial charge in [0.05, 0.1) is 17.3 Å². The summed E-state index contributed by atoms with van der Waals surface area (Å²) in [4.78, 5) is 26.4. The van der Waals surface area contributed by atoms with E-state index in [1.807, 2.05) is 45.0 Å². The molecule has 39 heavy (non-hydrogen) atoms. The van der Waals surface area contributed by atoms with E-state index in [-0.39, 0.29) is 40.3 Å². The number of nitrogens with zero attached hydrogens (tertiary/aromatic N) is 1. The van der Waals surface area contributed by atoms with Gasteiger partial charge in [0.1, 0.15) is 11.4 Å². The summed E-state index contributed by atoms with van der Waals surface area (Å²) in [5.74, 6) is -0.272. The largest absolute Gasteiger partial charge is 0.371 e. The van der Waals surface area contributed by atoms with Crippen LogP contribution in [0.4, 0.5) is 10.1 Å². The third-order valence-corrected chi connectivity index (χ3v) is 7.64. The molecule has 2 N–H and O–H groups in total. The standard InChI is InChI=1S/C29H33ClFN3O3.C2H6/c1-4-23(25(21-11-12-21)20-9-6-5-7-10-20)33-19(2)28(36)34-16-8-15-29(17-34,37-3)26-24(32-18-35)14-13-22(30)27(26)31;1-2/h4-7,9-10,13-14,18,21,25,33H,2,8,11-12,15-17H2,1,3H3,(H,32,35);1-2H3/b23-4-;/t25?,29-;/m0./s1. The fraction of sp³-hybridized carbons (Fsp3) is 0.419. The van der Waals surface area contributed by atoms with Gasteiger partial charge in [-0.2, -0.15) is 0 Å². The highest BCUT2D eigenvalue weighted by molar-refractivity contribution is 6.31. The molecule has 2 fully saturated rings. The van der Waals surface area contributed by atoms with E-state index in [0.717, 1.165) is 18.5 Å². The Bertz CT molecular complexity index is 1200. The molecule has 2 aliphatic rings. The number of piperidine rings is 1. The van der Waals surface area contributed by atoms with Crippen molar-refractivity contribution in [2.24, 2.45) is 5.92 Å². The summed E-state index contributed by atoms with van der Waals surface area (Å²) in [6.07, 6.45) is 5.80. The van der Waals surface area contributed by atoms with Crippen molar-refractivity contribution in [1.29, 1.82) is 0 Å². The van der Waals surface area contributed by atoms with Crippen LogP contribution < -0.4 is 10.6 Å². The molecule has 1 aliphatic heterocycles. The minimum absolute atomic E-state index is 0.0813. The van der Waals surface area contributed by atoms with Gasteiger partial charge in [0.15, 0.2) is 0 Å². The van der Waals surface area contributed by atoms with Crippen LogP contribution >= 0.6 is 11.6 Å². The maximum atomic E-state index is 15.3. The van der Waals surface area contributed by atoms with Crippen LogP contribution in [0, 0.1) is 11.7 Å². The van der Waals surface area contributed by atoms with Crippen molar-refractivity contribution in [2.45, 2.75) is 58.0 Å². The van der Waals surface area contributed by atoms with E-state index >= 15 is 4.39 Å². The minimum atomic E-state index is -1.18. The Balaban J connectivity index is 0.00000205. The zero-order chi connectivity index (χ0) is 28.6. The van der Waals surface area contributed by atoms with Crippen molar-refractivity contribution in [3.05, 3.63) is 88.5 Å². The average Bonchev–Trinajstić information content (AvgIpc) is 3.81. The maximum Gasteiger partial charge on any atom is 0.269 e. The van der Waals surface area contributed by atoms with Crippen LogP contribution in [0.1, 0.15) is 63.5 Å². The normalized spacial score (nSPS) is 19.8. The first-order valence-electron chi connectivity index (χ1n) is 13.6. The van der Waals surface area contributed by atoms with Gasteiger partial charge < -0.3 is 20.3 Å². The Hall–Kier alpha value is -3.16. The van der Waals surface area contributed by atoms with Crippen LogP contribution in [0.2, 0.25) is 5.02 Å². The molecule has 0 aromatic heterocycles. The van der Waals surface area contributed by atoms with Crippen LogP contribution in [-0.4, -0.2) is 37.4 Å². The van der Waals surface area contributed by atoms with Gasteiger partial charge in [0.2, 0.25) is 6.41 Å². The van der Waals surface area contributed by atoms with Crippen LogP contribution in [0.25, 0.3) is 0 Å². The summed E-state index contributed by atoms with van der Waals surface area (Å²) in [6.45, 7) is 10.6. The van der Waals surface area contributed by atoms with Crippen molar-refractivity contribution in [3.63, 3.8) is 0 Å². The molecule has 8 heteroatoms. The monoisotopic (exact) mass is 555 g/mol. The van der Waals surface area contributed by atoms with Crippen molar-refractivity contribution >= 4 is 29.6 Å². The van der Waals surface area contributed by atoms with E-state index in [4.69, 9.17) is 16.3 Å². The van der Waals surface area contributed by atoms with Crippen molar-refractivity contribution in [1.82, 2.24) is 10.2 Å². The summed E-state index contributed by atoms with van der Waals surface area (Å²) in [5, 5.41) is 5.77. The fourth-order valence-corrected chi connectivity index (χ4v) is 5.55. The van der Waals surface area contributed by atoms with Crippen LogP contribution in [-0.2, 0) is 19.9 Å². The third-order valence-electron chi connectivity index (χ3n) is 7.35. The number of likely N-dealkylation sites (tertiary alicyclic amines) is 1. The number of rotatable bonds is 10. The predicted octanol–water partition coefficient (Wildman–Crippen LogP) is 6.74. The smallest absolute Gasteiger partial charge is 0.269 e. The van der Waals surface area contributed by atoms with E-state index < -0.39 is 11.4 Å². The van der Waals surface area contributed by atoms with E-state index in [0.29, 0.717) is 31.7 Å². The maximum absolute atomic E-state index is 15.3. The second kappa shape index (κ2) is 13.8. The Morgan fingerprint density at radius 2 is 1.92 bits per heavy atom. The van der Waals surface area contributed by atoms with Gasteiger partial charge >= 0.3 is 0 Å². The van der Waals surface area contributed by atoms with Gasteiger partial charge in [-0.1, -0.05) is 68.4 Å². The van der Waals surface area contributed by atoms with E-state index in [1.165, 1.54) is 24.8 Å². The highest BCUT2D eigenvalue weighted by atomic mass is 35.5. The van der Waals surface area contributed by atoms with Crippen molar-refractivity contribution in [3.8, 4) is 0 Å². The number of carbonyl (C=O) groups excluding carboxylic acids is 2. The molecule has 1 heterocycles. The zero-order valence-corrected chi connectivity index (χ0v) is 24.0. The summed E-state index contributed by atoms with van der Waals surface area (Å²) < 4.78 is 21.2. The molecular weight excluding hydrogens is 517 g/mol. The Morgan fingerprint density at radius 1 is 1.23 bits per heavy atom. The topological polar surface area (TPSA) is 70.7 Å². The molecule has 2 atom stereocenters. The Labute approximate surface area is 236 Å². The number of ether oxygens (including phenoxy) is 1. The van der Waals surface area contributed by atoms with E-state index in [1.54, 1.807) is 4.90 Å². The molecule has 2 aromatic carbocycles. The number of methoxy groups -OCH3 is 1. The first kappa shape index (κ1) is 30.4. The average molecular weight is 556 g/mol. The molecule has 1 saturated heterocycles. The molecule has 0 radical (unpaired) electrons. The SMILES string of the molecule is C=C(N/C(=C\C)C(c1ccccc1)C1CC1)C(=O)N1CCC[C@@](OC)(c2c(NC=O)ccc(Cl)c2F)C1.CC. The number of hydrogen-bond donors (Lipinski definition) is 2. The molecule has 1 unspecified atom stereocenters. The van der Waals surface area contributed by atoms with Gasteiger partial charge in [-0.3, -0.25) is 9.59 Å². The molecule has 2 amide bonds. The van der Waals surface area contributed by atoms with Gasteiger partial charge in [-0.05, 0) is 56.2 Å². The lowest BCUT2D eigenvalue weighted by atomic mass is 9.83. The zero-order valence-electron chi connectivity index (χ0n) is 23.2. The number of allylic oxidation sites excluding steroid dienone is 2. The molecule has 2 aromatic rings. The number of halogens is 2. The molecule has 210 valence electrons. The second-order valence-corrected chi connectivity index (χ2v) is 10.1. The highest BCUT2D eigenvalue weighted by Crippen LogP contribution is 2.46. The first-order chi connectivity index (χ1) is 18.8. The fourth-order valence-electron chi connectivity index (χ4n) is 5.39. The quantitative estimate of drug-likeness (QED) is 0.252. The van der Waals surface area contributed by atoms with Gasteiger partial charge in [-0.25, -0.2) is 4.39 Å². The summed E-state index contributed by atoms with van der Waals surface area (Å²) in [6, 6.07) is 13.2. The molecule has 0 spiro atoms. The lowest BCUT2D eigenvalue weighted by Crippen LogP contribution is -2.51. The number of nitrogens with one attached hydrogen (secondary N) is 2. The third kappa shape index (κ3) is 6.71. The molecule has 1 saturated carbocycles. The number of hydrogen-bond acceptors (Lipinski definition) is 4. The van der Waals surface area contributed by atoms with Crippen molar-refractivity contribution in [2.75, 3.05) is 25.5 Å². The summed E-state index contributed by atoms with van der Waals surface area (Å²) >= 11 is 6.10. The van der Waals surface area contributed by atoms with Crippen LogP contribution in [0.3, 0.4) is 0 Å². The van der Waals surface area contributed by atoms with Gasteiger partial charge in [0, 0.05) is 36.5 Å². The highest BCUT2D eigenvalue weighted by Gasteiger charge is 2.43. The van der Waals surface area contributed by atoms with Crippen LogP contribution in [0.15, 0.2) is 66.5 Å². The molecule has 6 nitrogen and oxygen atoms in total. The predicted molar refractivity (Wildman–Crippen MR) is 155 cm³/mol. The lowest BCUT2D eigenvalue weighted by Gasteiger charge is -2.43. The van der Waals surface area contributed by atoms with Crippen LogP contribution in [0.5, 0.6) is 0 Å². The van der Waals surface area contributed by atoms with Gasteiger partial charge in [0.25, 0.3) is 5.91 Å². The van der Waals surface area contributed by atoms with E-state index in [9.17, 15) is 9.59 Å². The first-order valence-corrected chi connectivity index (χ1v) is 13.9. The molecule has 4 rings (SSSR count). The second-order valence-electron chi connectivity index (χ2n) is 9.65. The number of benzene rings is 2. The summed E-state index contributed by atoms with van der Waals surface area (Å²) in [5.41, 5.74) is 1.61. The number of carbonyl (C=O) groups is 2. The molecule has 1 aliphatic carbocycles. The molecule has 0 bridgehead atoms. The number of amides is 2. The minimum Gasteiger partial charge on any atom is -0.371 e. The van der Waals surface area contributed by atoms with Gasteiger partial charge in [-0.15, -0.1) is 0 Å². The Morgan fingerprint density at radius 3 is 2.51 bits per heavy atom. The Kier molecular flexibility index (Phi) is 10.7. The molecular formula is C31H39ClFN3O3. The van der Waals surface area contributed by atoms with Crippen molar-refractivity contribution < 1.29 is 18.7 Å². The lowest BCUT2D eigenvalue weighted by molar-refractivity contribution is -0.137. The summed E-state index contributed by atoms with van der Waals surface area (Å²) in [7, 11) is 1.48.